The van der Waals surface area contributed by atoms with E-state index in [2.05, 4.69) is 0 Å². The molecule has 2 atom stereocenters. The SMILES string of the molecule is CCCC1SCC(C(=O)O)N1C(=O)c1ccc(O)cc1. The summed E-state index contributed by atoms with van der Waals surface area (Å²) in [5, 5.41) is 18.4. The zero-order chi connectivity index (χ0) is 14.7. The molecule has 1 aliphatic heterocycles. The van der Waals surface area contributed by atoms with Gasteiger partial charge in [0.25, 0.3) is 5.91 Å². The number of thioether (sulfide) groups is 1. The average molecular weight is 295 g/mol. The van der Waals surface area contributed by atoms with Gasteiger partial charge in [-0.2, -0.15) is 0 Å². The van der Waals surface area contributed by atoms with E-state index < -0.39 is 12.0 Å². The van der Waals surface area contributed by atoms with Gasteiger partial charge in [-0.3, -0.25) is 4.79 Å². The van der Waals surface area contributed by atoms with Crippen LogP contribution in [0.3, 0.4) is 0 Å². The number of carboxylic acid groups (broad SMARTS) is 1. The monoisotopic (exact) mass is 295 g/mol. The molecule has 0 bridgehead atoms. The number of phenolic OH excluding ortho intramolecular Hbond substituents is 1. The molecule has 1 amide bonds. The summed E-state index contributed by atoms with van der Waals surface area (Å²) < 4.78 is 0. The number of amides is 1. The van der Waals surface area contributed by atoms with E-state index in [1.54, 1.807) is 0 Å². The first kappa shape index (κ1) is 14.7. The fourth-order valence-corrected chi connectivity index (χ4v) is 3.76. The lowest BCUT2D eigenvalue weighted by Crippen LogP contribution is -2.45. The second kappa shape index (κ2) is 6.17. The number of rotatable bonds is 4. The summed E-state index contributed by atoms with van der Waals surface area (Å²) in [5.74, 6) is -0.759. The zero-order valence-corrected chi connectivity index (χ0v) is 12.0. The number of aromatic hydroxyl groups is 1. The minimum Gasteiger partial charge on any atom is -0.508 e. The second-order valence-corrected chi connectivity index (χ2v) is 5.90. The van der Waals surface area contributed by atoms with Crippen molar-refractivity contribution < 1.29 is 19.8 Å². The number of carboxylic acids is 1. The molecule has 0 spiro atoms. The quantitative estimate of drug-likeness (QED) is 0.890. The summed E-state index contributed by atoms with van der Waals surface area (Å²) in [6, 6.07) is 5.12. The molecule has 2 N–H and O–H groups in total. The van der Waals surface area contributed by atoms with Crippen molar-refractivity contribution in [2.24, 2.45) is 0 Å². The van der Waals surface area contributed by atoms with Gasteiger partial charge < -0.3 is 15.1 Å². The first-order valence-corrected chi connectivity index (χ1v) is 7.55. The minimum absolute atomic E-state index is 0.0808. The molecular formula is C14H17NO4S. The largest absolute Gasteiger partial charge is 0.508 e. The van der Waals surface area contributed by atoms with E-state index in [0.717, 1.165) is 12.8 Å². The Balaban J connectivity index is 2.26. The smallest absolute Gasteiger partial charge is 0.327 e. The van der Waals surface area contributed by atoms with Gasteiger partial charge in [0.05, 0.1) is 5.37 Å². The first-order valence-electron chi connectivity index (χ1n) is 6.50. The molecule has 2 rings (SSSR count). The second-order valence-electron chi connectivity index (χ2n) is 4.69. The Hall–Kier alpha value is -1.69. The number of hydrogen-bond donors (Lipinski definition) is 2. The van der Waals surface area contributed by atoms with Gasteiger partial charge in [0, 0.05) is 11.3 Å². The Bertz CT molecular complexity index is 502. The summed E-state index contributed by atoms with van der Waals surface area (Å²) >= 11 is 1.51. The van der Waals surface area contributed by atoms with Gasteiger partial charge in [-0.15, -0.1) is 11.8 Å². The molecule has 5 nitrogen and oxygen atoms in total. The molecular weight excluding hydrogens is 278 g/mol. The topological polar surface area (TPSA) is 77.8 Å². The van der Waals surface area contributed by atoms with Crippen molar-refractivity contribution in [2.45, 2.75) is 31.2 Å². The number of carbonyl (C=O) groups excluding carboxylic acids is 1. The third kappa shape index (κ3) is 2.90. The molecule has 1 fully saturated rings. The number of hydrogen-bond acceptors (Lipinski definition) is 4. The number of phenols is 1. The highest BCUT2D eigenvalue weighted by Gasteiger charge is 2.41. The van der Waals surface area contributed by atoms with Crippen LogP contribution in [0.1, 0.15) is 30.1 Å². The summed E-state index contributed by atoms with van der Waals surface area (Å²) in [5.41, 5.74) is 0.401. The van der Waals surface area contributed by atoms with Gasteiger partial charge in [0.15, 0.2) is 0 Å². The van der Waals surface area contributed by atoms with Crippen molar-refractivity contribution in [3.63, 3.8) is 0 Å². The van der Waals surface area contributed by atoms with E-state index in [1.165, 1.54) is 40.9 Å². The molecule has 1 heterocycles. The number of benzene rings is 1. The Morgan fingerprint density at radius 2 is 2.00 bits per heavy atom. The molecule has 20 heavy (non-hydrogen) atoms. The van der Waals surface area contributed by atoms with Crippen molar-refractivity contribution in [1.29, 1.82) is 0 Å². The fourth-order valence-electron chi connectivity index (χ4n) is 2.25. The Morgan fingerprint density at radius 1 is 1.35 bits per heavy atom. The van der Waals surface area contributed by atoms with Crippen molar-refractivity contribution in [1.82, 2.24) is 4.90 Å². The standard InChI is InChI=1S/C14H17NO4S/c1-2-3-12-15(11(8-20-12)14(18)19)13(17)9-4-6-10(16)7-5-9/h4-7,11-12,16H,2-3,8H2,1H3,(H,18,19). The summed E-state index contributed by atoms with van der Waals surface area (Å²) in [6.07, 6.45) is 1.67. The molecule has 1 aromatic carbocycles. The van der Waals surface area contributed by atoms with Gasteiger partial charge in [0.2, 0.25) is 0 Å². The third-order valence-corrected chi connectivity index (χ3v) is 4.62. The van der Waals surface area contributed by atoms with Crippen molar-refractivity contribution in [3.8, 4) is 5.75 Å². The Morgan fingerprint density at radius 3 is 2.55 bits per heavy atom. The van der Waals surface area contributed by atoms with Gasteiger partial charge in [-0.25, -0.2) is 4.79 Å². The fraction of sp³-hybridized carbons (Fsp3) is 0.429. The lowest BCUT2D eigenvalue weighted by atomic mass is 10.1. The molecule has 0 aliphatic carbocycles. The van der Waals surface area contributed by atoms with Gasteiger partial charge >= 0.3 is 5.97 Å². The molecule has 0 radical (unpaired) electrons. The van der Waals surface area contributed by atoms with Gasteiger partial charge in [-0.05, 0) is 30.7 Å². The highest BCUT2D eigenvalue weighted by atomic mass is 32.2. The minimum atomic E-state index is -0.969. The molecule has 1 aromatic rings. The van der Waals surface area contributed by atoms with Crippen LogP contribution in [0.15, 0.2) is 24.3 Å². The highest BCUT2D eigenvalue weighted by Crippen LogP contribution is 2.33. The Kier molecular flexibility index (Phi) is 4.54. The van der Waals surface area contributed by atoms with Gasteiger partial charge in [0.1, 0.15) is 11.8 Å². The van der Waals surface area contributed by atoms with E-state index >= 15 is 0 Å². The van der Waals surface area contributed by atoms with E-state index in [4.69, 9.17) is 0 Å². The van der Waals surface area contributed by atoms with Crippen molar-refractivity contribution >= 4 is 23.6 Å². The normalized spacial score (nSPS) is 21.9. The van der Waals surface area contributed by atoms with E-state index in [0.29, 0.717) is 11.3 Å². The summed E-state index contributed by atoms with van der Waals surface area (Å²) in [4.78, 5) is 25.3. The van der Waals surface area contributed by atoms with Crippen LogP contribution in [-0.2, 0) is 4.79 Å². The Labute approximate surface area is 121 Å². The van der Waals surface area contributed by atoms with Crippen LogP contribution in [-0.4, -0.2) is 44.2 Å². The molecule has 1 saturated heterocycles. The lowest BCUT2D eigenvalue weighted by Gasteiger charge is -2.27. The predicted molar refractivity (Wildman–Crippen MR) is 76.9 cm³/mol. The third-order valence-electron chi connectivity index (χ3n) is 3.26. The van der Waals surface area contributed by atoms with Crippen molar-refractivity contribution in [3.05, 3.63) is 29.8 Å². The number of nitrogens with zero attached hydrogens (tertiary/aromatic N) is 1. The summed E-state index contributed by atoms with van der Waals surface area (Å²) in [7, 11) is 0. The molecule has 2 unspecified atom stereocenters. The highest BCUT2D eigenvalue weighted by molar-refractivity contribution is 8.00. The molecule has 108 valence electrons. The first-order chi connectivity index (χ1) is 9.54. The number of carbonyl (C=O) groups is 2. The van der Waals surface area contributed by atoms with Crippen LogP contribution >= 0.6 is 11.8 Å². The van der Waals surface area contributed by atoms with E-state index in [1.807, 2.05) is 6.92 Å². The van der Waals surface area contributed by atoms with Crippen LogP contribution in [0.5, 0.6) is 5.75 Å². The van der Waals surface area contributed by atoms with E-state index in [9.17, 15) is 19.8 Å². The van der Waals surface area contributed by atoms with Crippen LogP contribution in [0.25, 0.3) is 0 Å². The molecule has 0 aromatic heterocycles. The predicted octanol–water partition coefficient (Wildman–Crippen LogP) is 2.16. The average Bonchev–Trinajstić information content (AvgIpc) is 2.83. The maximum absolute atomic E-state index is 12.5. The maximum atomic E-state index is 12.5. The van der Waals surface area contributed by atoms with E-state index in [-0.39, 0.29) is 17.0 Å². The van der Waals surface area contributed by atoms with Crippen LogP contribution in [0.4, 0.5) is 0 Å². The van der Waals surface area contributed by atoms with Crippen molar-refractivity contribution in [2.75, 3.05) is 5.75 Å². The van der Waals surface area contributed by atoms with Crippen LogP contribution in [0, 0.1) is 0 Å². The lowest BCUT2D eigenvalue weighted by molar-refractivity contribution is -0.141. The maximum Gasteiger partial charge on any atom is 0.327 e. The molecule has 1 aliphatic rings. The molecule has 6 heteroatoms. The van der Waals surface area contributed by atoms with Crippen LogP contribution < -0.4 is 0 Å². The van der Waals surface area contributed by atoms with Gasteiger partial charge in [-0.1, -0.05) is 13.3 Å². The van der Waals surface area contributed by atoms with Crippen LogP contribution in [0.2, 0.25) is 0 Å². The molecule has 0 saturated carbocycles. The zero-order valence-electron chi connectivity index (χ0n) is 11.2. The summed E-state index contributed by atoms with van der Waals surface area (Å²) in [6.45, 7) is 2.01. The number of aliphatic carboxylic acids is 1.